The van der Waals surface area contributed by atoms with Crippen LogP contribution >= 0.6 is 11.6 Å². The van der Waals surface area contributed by atoms with Crippen molar-refractivity contribution in [1.82, 2.24) is 0 Å². The summed E-state index contributed by atoms with van der Waals surface area (Å²) in [4.78, 5) is 10.5. The minimum atomic E-state index is -0.584. The van der Waals surface area contributed by atoms with Crippen LogP contribution in [-0.2, 0) is 4.79 Å². The van der Waals surface area contributed by atoms with Gasteiger partial charge in [0.25, 0.3) is 0 Å². The van der Waals surface area contributed by atoms with Crippen molar-refractivity contribution in [3.8, 4) is 0 Å². The van der Waals surface area contributed by atoms with Gasteiger partial charge in [0, 0.05) is 0 Å². The zero-order chi connectivity index (χ0) is 8.48. The minimum Gasteiger partial charge on any atom is -0.298 e. The Labute approximate surface area is 72.4 Å². The van der Waals surface area contributed by atoms with E-state index in [2.05, 4.69) is 13.0 Å². The maximum atomic E-state index is 11.1. The predicted octanol–water partition coefficient (Wildman–Crippen LogP) is 2.68. The molecule has 0 fully saturated rings. The van der Waals surface area contributed by atoms with Crippen LogP contribution in [0, 0.1) is 0 Å². The highest BCUT2D eigenvalue weighted by atomic mass is 35.5. The zero-order valence-corrected chi connectivity index (χ0v) is 7.74. The topological polar surface area (TPSA) is 17.1 Å². The molecule has 2 heteroatoms. The molecule has 1 atom stereocenters. The van der Waals surface area contributed by atoms with Crippen molar-refractivity contribution in [2.75, 3.05) is 0 Å². The van der Waals surface area contributed by atoms with Gasteiger partial charge in [-0.3, -0.25) is 4.79 Å². The normalized spacial score (nSPS) is 31.4. The number of halogens is 1. The molecular formula is C9H13ClO. The molecule has 0 aromatic heterocycles. The molecule has 0 saturated carbocycles. The van der Waals surface area contributed by atoms with Crippen molar-refractivity contribution in [2.45, 2.75) is 38.0 Å². The van der Waals surface area contributed by atoms with Gasteiger partial charge in [0.05, 0.1) is 0 Å². The summed E-state index contributed by atoms with van der Waals surface area (Å²) in [6.07, 6.45) is 4.53. The van der Waals surface area contributed by atoms with Crippen molar-refractivity contribution >= 4 is 17.4 Å². The molecule has 0 spiro atoms. The zero-order valence-electron chi connectivity index (χ0n) is 6.98. The van der Waals surface area contributed by atoms with Crippen LogP contribution in [0.2, 0.25) is 0 Å². The van der Waals surface area contributed by atoms with Gasteiger partial charge in [-0.1, -0.05) is 11.6 Å². The lowest BCUT2D eigenvalue weighted by Crippen LogP contribution is -2.31. The Morgan fingerprint density at radius 1 is 1.73 bits per heavy atom. The summed E-state index contributed by atoms with van der Waals surface area (Å²) >= 11 is 6.08. The van der Waals surface area contributed by atoms with Gasteiger partial charge in [-0.15, -0.1) is 11.6 Å². The number of carbonyl (C=O) groups is 1. The van der Waals surface area contributed by atoms with Crippen LogP contribution in [0.25, 0.3) is 0 Å². The molecule has 0 aromatic rings. The molecule has 0 amide bonds. The second-order valence-corrected chi connectivity index (χ2v) is 4.00. The lowest BCUT2D eigenvalue weighted by molar-refractivity contribution is -0.119. The van der Waals surface area contributed by atoms with Crippen LogP contribution in [0.3, 0.4) is 0 Å². The van der Waals surface area contributed by atoms with E-state index in [4.69, 9.17) is 11.6 Å². The molecule has 0 unspecified atom stereocenters. The van der Waals surface area contributed by atoms with E-state index < -0.39 is 4.87 Å². The van der Waals surface area contributed by atoms with E-state index in [9.17, 15) is 4.79 Å². The third-order valence-electron chi connectivity index (χ3n) is 2.32. The van der Waals surface area contributed by atoms with Gasteiger partial charge in [-0.2, -0.15) is 0 Å². The van der Waals surface area contributed by atoms with Gasteiger partial charge in [0.2, 0.25) is 0 Å². The fourth-order valence-corrected chi connectivity index (χ4v) is 1.43. The minimum absolute atomic E-state index is 0.0999. The number of ketones is 1. The molecule has 1 rings (SSSR count). The van der Waals surface area contributed by atoms with Gasteiger partial charge in [0.1, 0.15) is 4.87 Å². The van der Waals surface area contributed by atoms with E-state index in [0.717, 1.165) is 12.8 Å². The van der Waals surface area contributed by atoms with Gasteiger partial charge in [0.15, 0.2) is 5.78 Å². The third kappa shape index (κ3) is 1.84. The molecule has 11 heavy (non-hydrogen) atoms. The summed E-state index contributed by atoms with van der Waals surface area (Å²) < 4.78 is 0. The van der Waals surface area contributed by atoms with Gasteiger partial charge < -0.3 is 0 Å². The van der Waals surface area contributed by atoms with Crippen molar-refractivity contribution in [3.05, 3.63) is 11.6 Å². The summed E-state index contributed by atoms with van der Waals surface area (Å²) in [7, 11) is 0. The first-order valence-corrected chi connectivity index (χ1v) is 4.28. The summed E-state index contributed by atoms with van der Waals surface area (Å²) in [5, 5.41) is 0. The third-order valence-corrected chi connectivity index (χ3v) is 2.93. The molecular weight excluding hydrogens is 160 g/mol. The Balaban J connectivity index is 2.71. The van der Waals surface area contributed by atoms with Gasteiger partial charge in [-0.05, 0) is 33.1 Å². The molecule has 62 valence electrons. The van der Waals surface area contributed by atoms with Crippen molar-refractivity contribution < 1.29 is 4.79 Å². The average Bonchev–Trinajstić information content (AvgIpc) is 1.95. The smallest absolute Gasteiger partial charge is 0.151 e. The first kappa shape index (κ1) is 8.79. The fourth-order valence-electron chi connectivity index (χ4n) is 1.26. The van der Waals surface area contributed by atoms with Crippen LogP contribution in [0.15, 0.2) is 11.6 Å². The van der Waals surface area contributed by atoms with Crippen LogP contribution in [0.5, 0.6) is 0 Å². The number of hydrogen-bond donors (Lipinski definition) is 0. The highest BCUT2D eigenvalue weighted by Gasteiger charge is 2.33. The number of carbonyl (C=O) groups excluding carboxylic acids is 1. The summed E-state index contributed by atoms with van der Waals surface area (Å²) in [5.41, 5.74) is 1.35. The maximum absolute atomic E-state index is 11.1. The Bertz CT molecular complexity index is 208. The molecule has 0 heterocycles. The van der Waals surface area contributed by atoms with Crippen LogP contribution in [0.1, 0.15) is 33.1 Å². The number of Topliss-reactive ketones (excluding diaryl/α,β-unsaturated/α-hetero) is 1. The molecule has 0 radical (unpaired) electrons. The predicted molar refractivity (Wildman–Crippen MR) is 46.9 cm³/mol. The highest BCUT2D eigenvalue weighted by molar-refractivity contribution is 6.35. The molecule has 0 bridgehead atoms. The summed E-state index contributed by atoms with van der Waals surface area (Å²) in [6.45, 7) is 3.65. The van der Waals surface area contributed by atoms with E-state index >= 15 is 0 Å². The Morgan fingerprint density at radius 3 is 2.73 bits per heavy atom. The molecule has 0 N–H and O–H groups in total. The van der Waals surface area contributed by atoms with E-state index in [0.29, 0.717) is 6.42 Å². The molecule has 1 aliphatic carbocycles. The van der Waals surface area contributed by atoms with Gasteiger partial charge >= 0.3 is 0 Å². The molecule has 1 nitrogen and oxygen atoms in total. The lowest BCUT2D eigenvalue weighted by atomic mass is 9.87. The number of hydrogen-bond acceptors (Lipinski definition) is 1. The Kier molecular flexibility index (Phi) is 2.38. The molecule has 1 aliphatic rings. The van der Waals surface area contributed by atoms with Crippen molar-refractivity contribution in [3.63, 3.8) is 0 Å². The lowest BCUT2D eigenvalue weighted by Gasteiger charge is -2.26. The largest absolute Gasteiger partial charge is 0.298 e. The summed E-state index contributed by atoms with van der Waals surface area (Å²) in [5.74, 6) is 0.0999. The van der Waals surface area contributed by atoms with Crippen LogP contribution in [-0.4, -0.2) is 10.7 Å². The number of allylic oxidation sites excluding steroid dienone is 2. The highest BCUT2D eigenvalue weighted by Crippen LogP contribution is 2.33. The molecule has 0 saturated heterocycles. The molecule has 0 aromatic carbocycles. The van der Waals surface area contributed by atoms with Crippen molar-refractivity contribution in [1.29, 1.82) is 0 Å². The standard InChI is InChI=1S/C9H13ClO/c1-7-3-5-9(10,6-4-7)8(2)11/h3H,4-6H2,1-2H3/t9-/m1/s1. The second-order valence-electron chi connectivity index (χ2n) is 3.28. The molecule has 0 aliphatic heterocycles. The maximum Gasteiger partial charge on any atom is 0.151 e. The van der Waals surface area contributed by atoms with E-state index in [1.807, 2.05) is 0 Å². The average molecular weight is 173 g/mol. The Morgan fingerprint density at radius 2 is 2.36 bits per heavy atom. The van der Waals surface area contributed by atoms with E-state index in [-0.39, 0.29) is 5.78 Å². The second kappa shape index (κ2) is 2.98. The fraction of sp³-hybridized carbons (Fsp3) is 0.667. The van der Waals surface area contributed by atoms with Crippen LogP contribution < -0.4 is 0 Å². The van der Waals surface area contributed by atoms with Gasteiger partial charge in [-0.25, -0.2) is 0 Å². The summed E-state index contributed by atoms with van der Waals surface area (Å²) in [6, 6.07) is 0. The van der Waals surface area contributed by atoms with E-state index in [1.54, 1.807) is 6.92 Å². The van der Waals surface area contributed by atoms with Crippen LogP contribution in [0.4, 0.5) is 0 Å². The van der Waals surface area contributed by atoms with Crippen molar-refractivity contribution in [2.24, 2.45) is 0 Å². The first-order valence-electron chi connectivity index (χ1n) is 3.90. The number of alkyl halides is 1. The van der Waals surface area contributed by atoms with E-state index in [1.165, 1.54) is 5.57 Å². The first-order chi connectivity index (χ1) is 5.04. The Hall–Kier alpha value is -0.300. The monoisotopic (exact) mass is 172 g/mol. The number of rotatable bonds is 1. The quantitative estimate of drug-likeness (QED) is 0.439. The SMILES string of the molecule is CC(=O)[C@@]1(Cl)CC=C(C)CC1.